The van der Waals surface area contributed by atoms with E-state index < -0.39 is 0 Å². The standard InChI is InChI=1S/C22H22O2/c1-24-22-14-11-19(15-18-8-12-21(23)13-9-18)20(16-22)10-7-17-5-3-2-4-6-17/h2-6,8-9,11-14,16,23H,7,10,15H2,1H3. The van der Waals surface area contributed by atoms with Crippen molar-refractivity contribution in [1.82, 2.24) is 0 Å². The van der Waals surface area contributed by atoms with Crippen LogP contribution < -0.4 is 4.74 Å². The fourth-order valence-corrected chi connectivity index (χ4v) is 2.89. The fourth-order valence-electron chi connectivity index (χ4n) is 2.89. The van der Waals surface area contributed by atoms with Crippen molar-refractivity contribution in [3.8, 4) is 11.5 Å². The lowest BCUT2D eigenvalue weighted by molar-refractivity contribution is 0.414. The molecule has 0 bridgehead atoms. The van der Waals surface area contributed by atoms with E-state index in [2.05, 4.69) is 36.4 Å². The summed E-state index contributed by atoms with van der Waals surface area (Å²) in [5.41, 5.74) is 5.15. The summed E-state index contributed by atoms with van der Waals surface area (Å²) >= 11 is 0. The molecule has 2 heteroatoms. The Bertz CT molecular complexity index is 777. The summed E-state index contributed by atoms with van der Waals surface area (Å²) in [7, 11) is 1.70. The van der Waals surface area contributed by atoms with Crippen molar-refractivity contribution >= 4 is 0 Å². The highest BCUT2D eigenvalue weighted by Gasteiger charge is 2.07. The monoisotopic (exact) mass is 318 g/mol. The number of methoxy groups -OCH3 is 1. The lowest BCUT2D eigenvalue weighted by atomic mass is 9.95. The van der Waals surface area contributed by atoms with Crippen LogP contribution >= 0.6 is 0 Å². The van der Waals surface area contributed by atoms with Crippen molar-refractivity contribution in [3.05, 3.63) is 95.1 Å². The van der Waals surface area contributed by atoms with Crippen LogP contribution in [0.5, 0.6) is 11.5 Å². The number of hydrogen-bond acceptors (Lipinski definition) is 2. The molecule has 3 aromatic rings. The Hall–Kier alpha value is -2.74. The molecule has 122 valence electrons. The highest BCUT2D eigenvalue weighted by molar-refractivity contribution is 5.40. The SMILES string of the molecule is COc1ccc(Cc2ccc(O)cc2)c(CCc2ccccc2)c1. The van der Waals surface area contributed by atoms with Crippen molar-refractivity contribution in [2.75, 3.05) is 7.11 Å². The Labute approximate surface area is 143 Å². The molecule has 24 heavy (non-hydrogen) atoms. The molecule has 0 saturated heterocycles. The molecule has 0 radical (unpaired) electrons. The fraction of sp³-hybridized carbons (Fsp3) is 0.182. The number of phenolic OH excluding ortho intramolecular Hbond substituents is 1. The molecular formula is C22H22O2. The van der Waals surface area contributed by atoms with Crippen molar-refractivity contribution < 1.29 is 9.84 Å². The smallest absolute Gasteiger partial charge is 0.119 e. The van der Waals surface area contributed by atoms with Crippen LogP contribution in [0.1, 0.15) is 22.3 Å². The summed E-state index contributed by atoms with van der Waals surface area (Å²) in [6, 6.07) is 24.3. The van der Waals surface area contributed by atoms with Gasteiger partial charge in [0.1, 0.15) is 11.5 Å². The van der Waals surface area contributed by atoms with Gasteiger partial charge in [0, 0.05) is 0 Å². The highest BCUT2D eigenvalue weighted by atomic mass is 16.5. The molecule has 0 aliphatic rings. The molecule has 0 aromatic heterocycles. The highest BCUT2D eigenvalue weighted by Crippen LogP contribution is 2.23. The lowest BCUT2D eigenvalue weighted by Crippen LogP contribution is -1.99. The molecule has 0 unspecified atom stereocenters. The van der Waals surface area contributed by atoms with Gasteiger partial charge in [-0.15, -0.1) is 0 Å². The zero-order valence-corrected chi connectivity index (χ0v) is 13.9. The van der Waals surface area contributed by atoms with Crippen LogP contribution in [0.25, 0.3) is 0 Å². The minimum Gasteiger partial charge on any atom is -0.508 e. The van der Waals surface area contributed by atoms with Crippen LogP contribution in [-0.4, -0.2) is 12.2 Å². The second kappa shape index (κ2) is 7.69. The molecule has 0 aliphatic carbocycles. The quantitative estimate of drug-likeness (QED) is 0.709. The lowest BCUT2D eigenvalue weighted by Gasteiger charge is -2.12. The van der Waals surface area contributed by atoms with Crippen LogP contribution in [0.2, 0.25) is 0 Å². The molecular weight excluding hydrogens is 296 g/mol. The van der Waals surface area contributed by atoms with E-state index in [1.165, 1.54) is 22.3 Å². The van der Waals surface area contributed by atoms with E-state index in [0.29, 0.717) is 5.75 Å². The Morgan fingerprint density at radius 3 is 2.21 bits per heavy atom. The van der Waals surface area contributed by atoms with E-state index in [1.807, 2.05) is 24.3 Å². The third kappa shape index (κ3) is 4.17. The van der Waals surface area contributed by atoms with E-state index in [1.54, 1.807) is 19.2 Å². The third-order valence-electron chi connectivity index (χ3n) is 4.27. The van der Waals surface area contributed by atoms with Gasteiger partial charge in [0.05, 0.1) is 7.11 Å². The topological polar surface area (TPSA) is 29.5 Å². The number of aromatic hydroxyl groups is 1. The van der Waals surface area contributed by atoms with Gasteiger partial charge in [-0.05, 0) is 65.8 Å². The normalized spacial score (nSPS) is 10.5. The number of hydrogen-bond donors (Lipinski definition) is 1. The number of ether oxygens (including phenoxy) is 1. The molecule has 0 aliphatic heterocycles. The maximum atomic E-state index is 9.44. The molecule has 3 rings (SSSR count). The maximum Gasteiger partial charge on any atom is 0.119 e. The zero-order valence-electron chi connectivity index (χ0n) is 13.9. The van der Waals surface area contributed by atoms with Crippen molar-refractivity contribution in [1.29, 1.82) is 0 Å². The molecule has 0 amide bonds. The second-order valence-corrected chi connectivity index (χ2v) is 5.96. The van der Waals surface area contributed by atoms with Crippen molar-refractivity contribution in [2.24, 2.45) is 0 Å². The van der Waals surface area contributed by atoms with E-state index in [-0.39, 0.29) is 0 Å². The number of phenols is 1. The number of benzene rings is 3. The largest absolute Gasteiger partial charge is 0.508 e. The third-order valence-corrected chi connectivity index (χ3v) is 4.27. The molecule has 3 aromatic carbocycles. The molecule has 0 atom stereocenters. The van der Waals surface area contributed by atoms with Gasteiger partial charge in [0.25, 0.3) is 0 Å². The average molecular weight is 318 g/mol. The van der Waals surface area contributed by atoms with Crippen molar-refractivity contribution in [3.63, 3.8) is 0 Å². The second-order valence-electron chi connectivity index (χ2n) is 5.96. The minimum atomic E-state index is 0.304. The summed E-state index contributed by atoms with van der Waals surface area (Å²) in [6.07, 6.45) is 2.85. The van der Waals surface area contributed by atoms with E-state index in [9.17, 15) is 5.11 Å². The maximum absolute atomic E-state index is 9.44. The van der Waals surface area contributed by atoms with Gasteiger partial charge in [-0.2, -0.15) is 0 Å². The Balaban J connectivity index is 1.81. The summed E-state index contributed by atoms with van der Waals surface area (Å²) in [6.45, 7) is 0. The summed E-state index contributed by atoms with van der Waals surface area (Å²) < 4.78 is 5.39. The zero-order chi connectivity index (χ0) is 16.8. The van der Waals surface area contributed by atoms with Gasteiger partial charge in [-0.25, -0.2) is 0 Å². The van der Waals surface area contributed by atoms with Gasteiger partial charge < -0.3 is 9.84 Å². The first-order valence-corrected chi connectivity index (χ1v) is 8.22. The molecule has 0 heterocycles. The van der Waals surface area contributed by atoms with E-state index >= 15 is 0 Å². The molecule has 1 N–H and O–H groups in total. The molecule has 0 fully saturated rings. The van der Waals surface area contributed by atoms with Gasteiger partial charge in [-0.1, -0.05) is 48.5 Å². The molecule has 2 nitrogen and oxygen atoms in total. The minimum absolute atomic E-state index is 0.304. The first-order chi connectivity index (χ1) is 11.7. The summed E-state index contributed by atoms with van der Waals surface area (Å²) in [5.74, 6) is 1.20. The average Bonchev–Trinajstić information content (AvgIpc) is 2.63. The predicted molar refractivity (Wildman–Crippen MR) is 97.8 cm³/mol. The predicted octanol–water partition coefficient (Wildman–Crippen LogP) is 4.78. The summed E-state index contributed by atoms with van der Waals surface area (Å²) in [4.78, 5) is 0. The van der Waals surface area contributed by atoms with Gasteiger partial charge in [-0.3, -0.25) is 0 Å². The van der Waals surface area contributed by atoms with Crippen LogP contribution in [0.3, 0.4) is 0 Å². The van der Waals surface area contributed by atoms with E-state index in [0.717, 1.165) is 25.0 Å². The van der Waals surface area contributed by atoms with Crippen LogP contribution in [0.15, 0.2) is 72.8 Å². The van der Waals surface area contributed by atoms with Gasteiger partial charge in [0.2, 0.25) is 0 Å². The number of aryl methyl sites for hydroxylation is 2. The van der Waals surface area contributed by atoms with Gasteiger partial charge in [0.15, 0.2) is 0 Å². The van der Waals surface area contributed by atoms with E-state index in [4.69, 9.17) is 4.74 Å². The van der Waals surface area contributed by atoms with Crippen LogP contribution in [0.4, 0.5) is 0 Å². The van der Waals surface area contributed by atoms with Crippen LogP contribution in [0, 0.1) is 0 Å². The molecule has 0 saturated carbocycles. The first kappa shape index (κ1) is 16.1. The first-order valence-electron chi connectivity index (χ1n) is 8.22. The Kier molecular flexibility index (Phi) is 5.17. The molecule has 0 spiro atoms. The van der Waals surface area contributed by atoms with Crippen LogP contribution in [-0.2, 0) is 19.3 Å². The summed E-state index contributed by atoms with van der Waals surface area (Å²) in [5, 5.41) is 9.44. The van der Waals surface area contributed by atoms with Crippen molar-refractivity contribution in [2.45, 2.75) is 19.3 Å². The Morgan fingerprint density at radius 1 is 0.750 bits per heavy atom. The Morgan fingerprint density at radius 2 is 1.50 bits per heavy atom. The van der Waals surface area contributed by atoms with Gasteiger partial charge >= 0.3 is 0 Å². The number of rotatable bonds is 6.